The molecule has 0 amide bonds. The van der Waals surface area contributed by atoms with E-state index < -0.39 is 23.4 Å². The van der Waals surface area contributed by atoms with Gasteiger partial charge in [-0.05, 0) is 41.5 Å². The van der Waals surface area contributed by atoms with Gasteiger partial charge in [0.15, 0.2) is 0 Å². The third-order valence-electron chi connectivity index (χ3n) is 3.95. The summed E-state index contributed by atoms with van der Waals surface area (Å²) in [6.07, 6.45) is 0. The molecule has 8 heteroatoms. The number of thioether (sulfide) groups is 1. The second-order valence-corrected chi connectivity index (χ2v) is 11.3. The Morgan fingerprint density at radius 3 is 2.39 bits per heavy atom. The van der Waals surface area contributed by atoms with Crippen LogP contribution < -0.4 is 0 Å². The lowest BCUT2D eigenvalue weighted by molar-refractivity contribution is -0.175. The molecule has 2 fully saturated rings. The van der Waals surface area contributed by atoms with Crippen LogP contribution in [-0.4, -0.2) is 49.1 Å². The predicted octanol–water partition coefficient (Wildman–Crippen LogP) is 3.09. The molecule has 0 unspecified atom stereocenters. The molecule has 23 heavy (non-hydrogen) atoms. The van der Waals surface area contributed by atoms with Crippen LogP contribution in [0.1, 0.15) is 41.5 Å². The summed E-state index contributed by atoms with van der Waals surface area (Å²) in [6, 6.07) is -0.482. The smallest absolute Gasteiger partial charge is 0.333 e. The molecule has 0 N–H and O–H groups in total. The first-order valence-electron chi connectivity index (χ1n) is 7.33. The Bertz CT molecular complexity index is 556. The normalized spacial score (nSPS) is 32.1. The molecule has 5 nitrogen and oxygen atoms in total. The molecule has 2 saturated heterocycles. The van der Waals surface area contributed by atoms with Crippen molar-refractivity contribution in [3.05, 3.63) is 0 Å². The molecule has 0 aromatic rings. The number of thiocarbonyl (C=S) groups is 1. The van der Waals surface area contributed by atoms with Gasteiger partial charge in [0.25, 0.3) is 0 Å². The summed E-state index contributed by atoms with van der Waals surface area (Å²) in [6.45, 7) is 10.9. The van der Waals surface area contributed by atoms with Gasteiger partial charge in [0.05, 0.1) is 15.8 Å². The molecule has 2 heterocycles. The summed E-state index contributed by atoms with van der Waals surface area (Å²) in [5.41, 5.74) is -0.628. The second kappa shape index (κ2) is 5.88. The maximum Gasteiger partial charge on any atom is 0.333 e. The van der Waals surface area contributed by atoms with Gasteiger partial charge in [-0.3, -0.25) is 4.79 Å². The molecule has 2 rings (SSSR count). The monoisotopic (exact) mass is 423 g/mol. The lowest BCUT2D eigenvalue weighted by Gasteiger charge is -2.51. The number of nitrogens with zero attached hydrogens (tertiary/aromatic N) is 1. The van der Waals surface area contributed by atoms with Crippen LogP contribution in [0.3, 0.4) is 0 Å². The van der Waals surface area contributed by atoms with Crippen molar-refractivity contribution in [2.45, 2.75) is 62.0 Å². The van der Waals surface area contributed by atoms with Crippen molar-refractivity contribution in [1.29, 1.82) is 0 Å². The number of rotatable bonds is 3. The largest absolute Gasteiger partial charge is 0.427 e. The van der Waals surface area contributed by atoms with E-state index in [1.165, 1.54) is 0 Å². The van der Waals surface area contributed by atoms with Gasteiger partial charge in [-0.25, -0.2) is 4.79 Å². The zero-order valence-electron chi connectivity index (χ0n) is 14.1. The molecule has 0 bridgehead atoms. The van der Waals surface area contributed by atoms with Gasteiger partial charge >= 0.3 is 11.9 Å². The number of ether oxygens (including phenoxy) is 2. The number of carbonyl (C=O) groups excluding carboxylic acids is 2. The molecule has 0 spiro atoms. The Balaban J connectivity index is 2.00. The van der Waals surface area contributed by atoms with Crippen molar-refractivity contribution in [3.63, 3.8) is 0 Å². The van der Waals surface area contributed by atoms with Crippen LogP contribution in [-0.2, 0) is 19.1 Å². The van der Waals surface area contributed by atoms with Gasteiger partial charge in [0, 0.05) is 4.75 Å². The van der Waals surface area contributed by atoms with Crippen LogP contribution in [0.4, 0.5) is 0 Å². The first-order valence-corrected chi connectivity index (χ1v) is 9.41. The zero-order chi connectivity index (χ0) is 17.8. The third-order valence-corrected chi connectivity index (χ3v) is 7.71. The fourth-order valence-corrected chi connectivity index (χ4v) is 5.36. The molecule has 2 aliphatic heterocycles. The molecule has 3 atom stereocenters. The minimum Gasteiger partial charge on any atom is -0.427 e. The van der Waals surface area contributed by atoms with Crippen molar-refractivity contribution >= 4 is 56.8 Å². The maximum absolute atomic E-state index is 12.5. The van der Waals surface area contributed by atoms with Crippen molar-refractivity contribution in [3.8, 4) is 0 Å². The van der Waals surface area contributed by atoms with Crippen LogP contribution in [0.5, 0.6) is 0 Å². The summed E-state index contributed by atoms with van der Waals surface area (Å²) in [5, 5.41) is 0.0969. The van der Waals surface area contributed by atoms with Gasteiger partial charge < -0.3 is 14.4 Å². The maximum atomic E-state index is 12.5. The van der Waals surface area contributed by atoms with Crippen LogP contribution >= 0.6 is 39.9 Å². The number of hydrogen-bond donors (Lipinski definition) is 0. The summed E-state index contributed by atoms with van der Waals surface area (Å²) in [5.74, 6) is -0.826. The first kappa shape index (κ1) is 19.0. The molecule has 0 aliphatic carbocycles. The van der Waals surface area contributed by atoms with Crippen molar-refractivity contribution in [2.24, 2.45) is 5.41 Å². The standard InChI is InChI=1S/C15H22BrNO4S2/c1-13(2,3)12(19)21-7-20-9(18)8-14(4,5)23-11-15(6,16)10(22)17(8)11/h8,11H,7H2,1-6H3/t8-,11+,15-/m0/s1. The van der Waals surface area contributed by atoms with E-state index in [9.17, 15) is 9.59 Å². The van der Waals surface area contributed by atoms with Gasteiger partial charge in [-0.2, -0.15) is 0 Å². The lowest BCUT2D eigenvalue weighted by Crippen LogP contribution is -2.68. The summed E-state index contributed by atoms with van der Waals surface area (Å²) >= 11 is 10.8. The number of halogens is 1. The van der Waals surface area contributed by atoms with E-state index in [-0.39, 0.29) is 21.2 Å². The number of hydrogen-bond acceptors (Lipinski definition) is 6. The van der Waals surface area contributed by atoms with E-state index in [1.807, 2.05) is 25.7 Å². The van der Waals surface area contributed by atoms with E-state index >= 15 is 0 Å². The van der Waals surface area contributed by atoms with Gasteiger partial charge in [0.1, 0.15) is 10.4 Å². The van der Waals surface area contributed by atoms with Gasteiger partial charge in [-0.1, -0.05) is 28.1 Å². The molecule has 0 aromatic carbocycles. The quantitative estimate of drug-likeness (QED) is 0.299. The minimum absolute atomic E-state index is 0.0969. The molecular formula is C15H22BrNO4S2. The molecule has 0 aromatic heterocycles. The van der Waals surface area contributed by atoms with Crippen LogP contribution in [0.2, 0.25) is 0 Å². The molecule has 2 aliphatic rings. The molecule has 130 valence electrons. The number of carbonyl (C=O) groups is 2. The molecular weight excluding hydrogens is 402 g/mol. The Morgan fingerprint density at radius 2 is 1.87 bits per heavy atom. The first-order chi connectivity index (χ1) is 10.3. The van der Waals surface area contributed by atoms with E-state index in [0.29, 0.717) is 4.99 Å². The summed E-state index contributed by atoms with van der Waals surface area (Å²) in [7, 11) is 0. The van der Waals surface area contributed by atoms with Crippen LogP contribution in [0, 0.1) is 5.41 Å². The van der Waals surface area contributed by atoms with E-state index in [1.54, 1.807) is 32.5 Å². The van der Waals surface area contributed by atoms with E-state index in [0.717, 1.165) is 0 Å². The lowest BCUT2D eigenvalue weighted by atomic mass is 9.93. The van der Waals surface area contributed by atoms with Gasteiger partial charge in [-0.15, -0.1) is 11.8 Å². The van der Waals surface area contributed by atoms with E-state index in [2.05, 4.69) is 15.9 Å². The highest BCUT2D eigenvalue weighted by Crippen LogP contribution is 2.58. The molecule has 0 saturated carbocycles. The van der Waals surface area contributed by atoms with E-state index in [4.69, 9.17) is 21.7 Å². The highest BCUT2D eigenvalue weighted by atomic mass is 79.9. The average Bonchev–Trinajstić information content (AvgIpc) is 2.67. The minimum atomic E-state index is -0.628. The van der Waals surface area contributed by atoms with Gasteiger partial charge in [0.2, 0.25) is 6.79 Å². The molecule has 0 radical (unpaired) electrons. The zero-order valence-corrected chi connectivity index (χ0v) is 17.4. The number of alkyl halides is 1. The summed E-state index contributed by atoms with van der Waals surface area (Å²) < 4.78 is 9.57. The highest BCUT2D eigenvalue weighted by molar-refractivity contribution is 9.10. The second-order valence-electron chi connectivity index (χ2n) is 7.53. The highest BCUT2D eigenvalue weighted by Gasteiger charge is 2.66. The average molecular weight is 424 g/mol. The Labute approximate surface area is 154 Å². The Morgan fingerprint density at radius 1 is 1.30 bits per heavy atom. The SMILES string of the molecule is CC(C)(C)C(=O)OCOC(=O)[C@@H]1N2C(=S)[C@](C)(Br)[C@H]2SC1(C)C. The van der Waals surface area contributed by atoms with Crippen molar-refractivity contribution in [1.82, 2.24) is 4.90 Å². The van der Waals surface area contributed by atoms with Crippen LogP contribution in [0.25, 0.3) is 0 Å². The van der Waals surface area contributed by atoms with Crippen molar-refractivity contribution in [2.75, 3.05) is 6.79 Å². The summed E-state index contributed by atoms with van der Waals surface area (Å²) in [4.78, 5) is 26.8. The Kier molecular flexibility index (Phi) is 4.85. The third kappa shape index (κ3) is 3.26. The Hall–Kier alpha value is -0.340. The number of esters is 2. The van der Waals surface area contributed by atoms with Crippen LogP contribution in [0.15, 0.2) is 0 Å². The number of fused-ring (bicyclic) bond motifs is 1. The fourth-order valence-electron chi connectivity index (χ4n) is 2.60. The fraction of sp³-hybridized carbons (Fsp3) is 0.800. The topological polar surface area (TPSA) is 55.8 Å². The predicted molar refractivity (Wildman–Crippen MR) is 97.5 cm³/mol. The van der Waals surface area contributed by atoms with Crippen molar-refractivity contribution < 1.29 is 19.1 Å².